The molecule has 0 atom stereocenters. The van der Waals surface area contributed by atoms with Gasteiger partial charge in [0.05, 0.1) is 59.9 Å². The van der Waals surface area contributed by atoms with Crippen molar-refractivity contribution in [1.29, 1.82) is 0 Å². The lowest BCUT2D eigenvalue weighted by Gasteiger charge is -2.19. The van der Waals surface area contributed by atoms with Gasteiger partial charge in [-0.25, -0.2) is 33.7 Å². The van der Waals surface area contributed by atoms with Gasteiger partial charge in [0.25, 0.3) is 40.1 Å². The number of hydrogen-bond donors (Lipinski definition) is 4. The fraction of sp³-hybridized carbons (Fsp3) is 0.207. The predicted molar refractivity (Wildman–Crippen MR) is 538 cm³/mol. The van der Waals surface area contributed by atoms with Crippen LogP contribution < -0.4 is 61.5 Å². The third-order valence-electron chi connectivity index (χ3n) is 24.7. The number of nitrogens with one attached hydrogen (secondary N) is 4. The van der Waals surface area contributed by atoms with Gasteiger partial charge >= 0.3 is 0 Å². The van der Waals surface area contributed by atoms with E-state index >= 15 is 0 Å². The lowest BCUT2D eigenvalue weighted by Crippen LogP contribution is -2.21. The molecule has 33 heteroatoms. The van der Waals surface area contributed by atoms with Crippen molar-refractivity contribution in [3.8, 4) is 51.7 Å². The fourth-order valence-electron chi connectivity index (χ4n) is 17.3. The van der Waals surface area contributed by atoms with Gasteiger partial charge in [0.15, 0.2) is 92.3 Å². The zero-order chi connectivity index (χ0) is 101. The SMILES string of the molecule is CCOc1ccc(NS(=O)(=O)c2ccc3c(c2)C(=O)C(C(=O)CCc2ccc4c(c2)OCO4)=CC3)cc1.Cc1cc(C)cc(NS(=O)(=O)c2ccc3c(c2)C(=O)C(C(=O)CCc2ccc4c(c2)OCO4)=CC3)c1.Cc1ccc(CCC(=O)C2=CCc3ccc(S(=O)(=O)Nc4ccc5c(c4)OCCO5)cc3C2=O)cc1.O=C(CCc1ccccc1)C1=CCc2ccc(S(=O)(=O)Nc3ccc4c(c3)OCCO4)cc2C1=O. The Labute approximate surface area is 832 Å². The minimum atomic E-state index is -3.99. The number of Topliss-reactive ketones (excluding diaryl/α,β-unsaturated/α-hetero) is 8. The molecule has 144 heavy (non-hydrogen) atoms. The van der Waals surface area contributed by atoms with Crippen LogP contribution in [0, 0.1) is 20.8 Å². The number of sulfonamides is 4. The van der Waals surface area contributed by atoms with E-state index in [1.54, 1.807) is 133 Å². The van der Waals surface area contributed by atoms with E-state index in [0.717, 1.165) is 38.9 Å². The minimum absolute atomic E-state index is 0.0252. The van der Waals surface area contributed by atoms with Crippen LogP contribution in [0.15, 0.2) is 309 Å². The Kier molecular flexibility index (Phi) is 30.0. The quantitative estimate of drug-likeness (QED) is 0.0304. The Hall–Kier alpha value is -15.8. The molecule has 0 spiro atoms. The molecular weight excluding hydrogens is 1920 g/mol. The largest absolute Gasteiger partial charge is 0.494 e. The van der Waals surface area contributed by atoms with Crippen molar-refractivity contribution in [2.45, 2.75) is 124 Å². The molecule has 4 aliphatic heterocycles. The smallest absolute Gasteiger partial charge is 0.261 e. The first-order valence-corrected chi connectivity index (χ1v) is 52.4. The van der Waals surface area contributed by atoms with Crippen molar-refractivity contribution in [1.82, 2.24) is 0 Å². The number of anilines is 4. The summed E-state index contributed by atoms with van der Waals surface area (Å²) in [6.07, 6.45) is 10.7. The van der Waals surface area contributed by atoms with Gasteiger partial charge in [0.2, 0.25) is 13.6 Å². The topological polar surface area (TPSA) is 404 Å². The second-order valence-electron chi connectivity index (χ2n) is 34.9. The van der Waals surface area contributed by atoms with Gasteiger partial charge in [-0.2, -0.15) is 0 Å². The summed E-state index contributed by atoms with van der Waals surface area (Å²) in [5.74, 6) is 2.43. The summed E-state index contributed by atoms with van der Waals surface area (Å²) in [5, 5.41) is 0. The number of allylic oxidation sites excluding steroid dienone is 8. The monoisotopic (exact) mass is 2010 g/mol. The van der Waals surface area contributed by atoms with Crippen molar-refractivity contribution in [2.24, 2.45) is 0 Å². The molecule has 0 unspecified atom stereocenters. The molecule has 0 bridgehead atoms. The van der Waals surface area contributed by atoms with Crippen molar-refractivity contribution in [3.63, 3.8) is 0 Å². The van der Waals surface area contributed by atoms with Crippen LogP contribution in [0.4, 0.5) is 22.7 Å². The molecule has 0 fully saturated rings. The molecule has 8 aliphatic rings. The second-order valence-corrected chi connectivity index (χ2v) is 41.6. The molecule has 12 aromatic carbocycles. The van der Waals surface area contributed by atoms with Crippen LogP contribution in [0.2, 0.25) is 0 Å². The normalized spacial score (nSPS) is 14.4. The zero-order valence-corrected chi connectivity index (χ0v) is 81.9. The third-order valence-corrected chi connectivity index (χ3v) is 30.2. The Bertz CT molecular complexity index is 7790. The molecule has 20 rings (SSSR count). The molecule has 736 valence electrons. The van der Waals surface area contributed by atoms with E-state index in [1.807, 2.05) is 113 Å². The van der Waals surface area contributed by atoms with E-state index in [0.29, 0.717) is 181 Å². The van der Waals surface area contributed by atoms with E-state index < -0.39 is 63.2 Å². The summed E-state index contributed by atoms with van der Waals surface area (Å²) in [5.41, 5.74) is 12.4. The van der Waals surface area contributed by atoms with E-state index in [-0.39, 0.29) is 127 Å². The van der Waals surface area contributed by atoms with Crippen molar-refractivity contribution < 1.29 is 115 Å². The van der Waals surface area contributed by atoms with Gasteiger partial charge in [0, 0.05) is 71.4 Å². The number of ether oxygens (including phenoxy) is 9. The molecule has 4 aliphatic carbocycles. The van der Waals surface area contributed by atoms with Crippen LogP contribution in [0.1, 0.15) is 135 Å². The van der Waals surface area contributed by atoms with Gasteiger partial charge in [-0.05, 0) is 268 Å². The molecule has 4 heterocycles. The summed E-state index contributed by atoms with van der Waals surface area (Å²) in [6, 6.07) is 67.8. The highest BCUT2D eigenvalue weighted by atomic mass is 32.2. The molecule has 4 N–H and O–H groups in total. The highest BCUT2D eigenvalue weighted by molar-refractivity contribution is 7.93. The number of aryl methyl sites for hydroxylation is 7. The van der Waals surface area contributed by atoms with Gasteiger partial charge in [-0.1, -0.05) is 127 Å². The van der Waals surface area contributed by atoms with Crippen molar-refractivity contribution in [2.75, 3.05) is 65.5 Å². The van der Waals surface area contributed by atoms with Gasteiger partial charge in [-0.15, -0.1) is 0 Å². The molecular formula is C111H98N4O25S4. The van der Waals surface area contributed by atoms with Crippen LogP contribution in [0.5, 0.6) is 51.7 Å². The lowest BCUT2D eigenvalue weighted by molar-refractivity contribution is -0.116. The van der Waals surface area contributed by atoms with Gasteiger partial charge < -0.3 is 42.6 Å². The summed E-state index contributed by atoms with van der Waals surface area (Å²) in [6.45, 7) is 10.1. The van der Waals surface area contributed by atoms with Crippen LogP contribution in [0.25, 0.3) is 0 Å². The summed E-state index contributed by atoms with van der Waals surface area (Å²) in [7, 11) is -15.8. The number of hydrogen-bond acceptors (Lipinski definition) is 25. The number of benzene rings is 12. The minimum Gasteiger partial charge on any atom is -0.494 e. The highest BCUT2D eigenvalue weighted by Gasteiger charge is 2.35. The Morgan fingerprint density at radius 3 is 0.951 bits per heavy atom. The summed E-state index contributed by atoms with van der Waals surface area (Å²) in [4.78, 5) is 104. The van der Waals surface area contributed by atoms with E-state index in [1.165, 1.54) is 48.5 Å². The molecule has 0 aromatic heterocycles. The molecule has 12 aromatic rings. The Balaban J connectivity index is 0.000000132. The average Bonchev–Trinajstić information content (AvgIpc) is 0.852. The van der Waals surface area contributed by atoms with E-state index in [9.17, 15) is 72.0 Å². The summed E-state index contributed by atoms with van der Waals surface area (Å²) >= 11 is 0. The van der Waals surface area contributed by atoms with Gasteiger partial charge in [-0.3, -0.25) is 57.2 Å². The lowest BCUT2D eigenvalue weighted by atomic mass is 9.87. The summed E-state index contributed by atoms with van der Waals surface area (Å²) < 4.78 is 163. The molecule has 29 nitrogen and oxygen atoms in total. The number of carbonyl (C=O) groups excluding carboxylic acids is 8. The number of ketones is 8. The van der Waals surface area contributed by atoms with Crippen LogP contribution >= 0.6 is 0 Å². The number of fused-ring (bicyclic) bond motifs is 8. The Morgan fingerprint density at radius 2 is 0.583 bits per heavy atom. The third kappa shape index (κ3) is 23.6. The van der Waals surface area contributed by atoms with Gasteiger partial charge in [0.1, 0.15) is 32.2 Å². The molecule has 0 radical (unpaired) electrons. The predicted octanol–water partition coefficient (Wildman–Crippen LogP) is 17.7. The maximum Gasteiger partial charge on any atom is 0.261 e. The highest BCUT2D eigenvalue weighted by Crippen LogP contribution is 2.41. The first-order chi connectivity index (χ1) is 69.2. The van der Waals surface area contributed by atoms with E-state index in [2.05, 4.69) is 18.9 Å². The first kappa shape index (κ1) is 99.7. The first-order valence-electron chi connectivity index (χ1n) is 46.5. The number of carbonyl (C=O) groups is 8. The maximum atomic E-state index is 13.2. The van der Waals surface area contributed by atoms with Crippen LogP contribution in [-0.2, 0) is 111 Å². The second kappa shape index (κ2) is 43.3. The molecule has 0 saturated heterocycles. The molecule has 0 amide bonds. The van der Waals surface area contributed by atoms with Crippen LogP contribution in [0.3, 0.4) is 0 Å². The standard InChI is InChI=1S/C28H25NO7S.2C28H25NO6S.C27H23NO6S/c1-2-34-21-9-7-20(8-10-21)29-37(32,33)22-11-5-19-6-12-23(28(31)24(19)16-22)25(30)13-3-18-4-14-26-27(15-18)36-17-35-26;1-17-11-18(2)13-21(12-17)29-36(32,33)22-7-5-20-6-8-23(28(31)24(20)15-22)25(30)9-3-19-4-10-26-27(14-19)35-16-34-26;1-18-2-4-19(5-3-18)6-12-25(30)23-11-8-20-7-10-22(17-24(20)28(23)31)36(32,33)29-21-9-13-26-27(16-21)35-15-14-34-26;29-24(12-6-18-4-2-1-3-5-18)22-11-8-19-7-10-21(17-23(19)27(22)30)35(31,32)28-20-9-13-25-26(16-20)34-15-14-33-25/h4-5,7-12,14-16,29H,2-3,6,13,17H2,1H3;4-5,7-8,10-15,29H,3,6,9,16H2,1-2H3;2-5,7,9-11,13,16-17,29H,6,8,12,14-15H2,1H3;1-5,7,9-11,13,16-17,28H,6,8,12,14-15H2. The van der Waals surface area contributed by atoms with E-state index in [4.69, 9.17) is 42.6 Å². The van der Waals surface area contributed by atoms with Crippen LogP contribution in [-0.4, -0.2) is 127 Å². The van der Waals surface area contributed by atoms with Crippen molar-refractivity contribution >= 4 is 109 Å². The maximum absolute atomic E-state index is 13.2. The molecule has 0 saturated carbocycles. The average molecular weight is 2020 g/mol. The van der Waals surface area contributed by atoms with Crippen molar-refractivity contribution in [3.05, 3.63) is 373 Å². The Morgan fingerprint density at radius 1 is 0.285 bits per heavy atom. The number of rotatable bonds is 30. The zero-order valence-electron chi connectivity index (χ0n) is 78.7. The fourth-order valence-corrected chi connectivity index (χ4v) is 21.6.